The molecule has 0 spiro atoms. The van der Waals surface area contributed by atoms with Gasteiger partial charge in [-0.05, 0) is 44.0 Å². The lowest BCUT2D eigenvalue weighted by molar-refractivity contribution is 0.479. The van der Waals surface area contributed by atoms with Crippen LogP contribution in [0.25, 0.3) is 0 Å². The topological polar surface area (TPSA) is 29.9 Å². The fourth-order valence-electron chi connectivity index (χ4n) is 2.41. The minimum Gasteiger partial charge on any atom is -0.308 e. The summed E-state index contributed by atoms with van der Waals surface area (Å²) in [6.45, 7) is 6.05. The zero-order valence-electron chi connectivity index (χ0n) is 12.4. The minimum atomic E-state index is 0.182. The number of rotatable bonds is 7. The van der Waals surface area contributed by atoms with Crippen LogP contribution in [0.4, 0.5) is 0 Å². The van der Waals surface area contributed by atoms with E-state index in [9.17, 15) is 0 Å². The number of benzene rings is 1. The lowest BCUT2D eigenvalue weighted by atomic mass is 10.0. The molecule has 1 N–H and O–H groups in total. The van der Waals surface area contributed by atoms with E-state index in [1.165, 1.54) is 5.56 Å². The first-order valence-electron chi connectivity index (χ1n) is 7.34. The van der Waals surface area contributed by atoms with Gasteiger partial charge in [0.2, 0.25) is 0 Å². The maximum atomic E-state index is 6.36. The van der Waals surface area contributed by atoms with E-state index in [-0.39, 0.29) is 6.04 Å². The van der Waals surface area contributed by atoms with Crippen LogP contribution in [0, 0.1) is 0 Å². The van der Waals surface area contributed by atoms with Gasteiger partial charge in [-0.3, -0.25) is 4.68 Å². The van der Waals surface area contributed by atoms with Crippen molar-refractivity contribution in [3.8, 4) is 0 Å². The molecule has 1 unspecified atom stereocenters. The molecular formula is C16H21BrClN3. The van der Waals surface area contributed by atoms with Crippen LogP contribution >= 0.6 is 27.5 Å². The fourth-order valence-corrected chi connectivity index (χ4v) is 2.95. The zero-order valence-corrected chi connectivity index (χ0v) is 14.8. The summed E-state index contributed by atoms with van der Waals surface area (Å²) in [6, 6.07) is 8.62. The fraction of sp³-hybridized carbons (Fsp3) is 0.438. The zero-order chi connectivity index (χ0) is 15.2. The molecule has 21 heavy (non-hydrogen) atoms. The van der Waals surface area contributed by atoms with Gasteiger partial charge >= 0.3 is 0 Å². The molecule has 0 fully saturated rings. The molecule has 0 amide bonds. The molecular weight excluding hydrogens is 350 g/mol. The number of halogens is 2. The molecule has 5 heteroatoms. The first-order chi connectivity index (χ1) is 10.2. The van der Waals surface area contributed by atoms with Crippen LogP contribution in [-0.2, 0) is 13.0 Å². The third-order valence-electron chi connectivity index (χ3n) is 3.46. The Morgan fingerprint density at radius 3 is 2.62 bits per heavy atom. The number of nitrogens with zero attached hydrogens (tertiary/aromatic N) is 2. The summed E-state index contributed by atoms with van der Waals surface area (Å²) in [5.41, 5.74) is 2.36. The molecule has 114 valence electrons. The molecule has 1 heterocycles. The Bertz CT molecular complexity index is 565. The highest BCUT2D eigenvalue weighted by atomic mass is 79.9. The number of hydrogen-bond acceptors (Lipinski definition) is 2. The second kappa shape index (κ2) is 7.97. The third kappa shape index (κ3) is 4.31. The summed E-state index contributed by atoms with van der Waals surface area (Å²) in [5, 5.41) is 8.69. The second-order valence-electron chi connectivity index (χ2n) is 5.03. The highest BCUT2D eigenvalue weighted by Gasteiger charge is 2.19. The standard InChI is InChI=1S/C16H21BrClN3/c1-3-9-19-15(10-12-5-7-13(17)8-6-12)16-14(18)11-20-21(16)4-2/h5-8,11,15,19H,3-4,9-10H2,1-2H3. The lowest BCUT2D eigenvalue weighted by Gasteiger charge is -2.20. The lowest BCUT2D eigenvalue weighted by Crippen LogP contribution is -2.27. The summed E-state index contributed by atoms with van der Waals surface area (Å²) in [7, 11) is 0. The Balaban J connectivity index is 2.25. The van der Waals surface area contributed by atoms with E-state index in [0.717, 1.165) is 41.1 Å². The number of aromatic nitrogens is 2. The summed E-state index contributed by atoms with van der Waals surface area (Å²) < 4.78 is 3.08. The van der Waals surface area contributed by atoms with Crippen LogP contribution in [0.15, 0.2) is 34.9 Å². The van der Waals surface area contributed by atoms with Crippen molar-refractivity contribution in [1.29, 1.82) is 0 Å². The molecule has 0 aliphatic carbocycles. The Morgan fingerprint density at radius 1 is 1.29 bits per heavy atom. The number of nitrogens with one attached hydrogen (secondary N) is 1. The Labute approximate surface area is 139 Å². The molecule has 1 aromatic heterocycles. The summed E-state index contributed by atoms with van der Waals surface area (Å²) in [6.07, 6.45) is 3.73. The van der Waals surface area contributed by atoms with E-state index in [0.29, 0.717) is 0 Å². The van der Waals surface area contributed by atoms with Crippen LogP contribution in [-0.4, -0.2) is 16.3 Å². The van der Waals surface area contributed by atoms with Gasteiger partial charge in [0, 0.05) is 11.0 Å². The molecule has 2 aromatic rings. The van der Waals surface area contributed by atoms with Crippen molar-refractivity contribution < 1.29 is 0 Å². The quantitative estimate of drug-likeness (QED) is 0.772. The number of aryl methyl sites for hydroxylation is 1. The van der Waals surface area contributed by atoms with Crippen molar-refractivity contribution in [3.05, 3.63) is 51.2 Å². The first kappa shape index (κ1) is 16.5. The third-order valence-corrected chi connectivity index (χ3v) is 4.28. The Morgan fingerprint density at radius 2 is 2.00 bits per heavy atom. The molecule has 1 aromatic carbocycles. The van der Waals surface area contributed by atoms with Crippen molar-refractivity contribution in [3.63, 3.8) is 0 Å². The SMILES string of the molecule is CCCNC(Cc1ccc(Br)cc1)c1c(Cl)cnn1CC. The molecule has 2 rings (SSSR count). The van der Waals surface area contributed by atoms with Crippen molar-refractivity contribution in [1.82, 2.24) is 15.1 Å². The monoisotopic (exact) mass is 369 g/mol. The van der Waals surface area contributed by atoms with Gasteiger partial charge in [0.05, 0.1) is 23.0 Å². The van der Waals surface area contributed by atoms with Gasteiger partial charge < -0.3 is 5.32 Å². The predicted molar refractivity (Wildman–Crippen MR) is 91.8 cm³/mol. The van der Waals surface area contributed by atoms with Crippen LogP contribution < -0.4 is 5.32 Å². The average molecular weight is 371 g/mol. The van der Waals surface area contributed by atoms with Gasteiger partial charge in [0.1, 0.15) is 0 Å². The molecule has 1 atom stereocenters. The maximum Gasteiger partial charge on any atom is 0.0834 e. The molecule has 0 bridgehead atoms. The van der Waals surface area contributed by atoms with Crippen molar-refractivity contribution in [2.24, 2.45) is 0 Å². The van der Waals surface area contributed by atoms with E-state index in [1.54, 1.807) is 6.20 Å². The highest BCUT2D eigenvalue weighted by Crippen LogP contribution is 2.26. The summed E-state index contributed by atoms with van der Waals surface area (Å²) >= 11 is 9.83. The molecule has 0 aliphatic rings. The summed E-state index contributed by atoms with van der Waals surface area (Å²) in [4.78, 5) is 0. The van der Waals surface area contributed by atoms with Gasteiger partial charge in [0.15, 0.2) is 0 Å². The van der Waals surface area contributed by atoms with E-state index in [2.05, 4.69) is 64.5 Å². The van der Waals surface area contributed by atoms with Gasteiger partial charge in [0.25, 0.3) is 0 Å². The van der Waals surface area contributed by atoms with Crippen molar-refractivity contribution >= 4 is 27.5 Å². The van der Waals surface area contributed by atoms with E-state index in [4.69, 9.17) is 11.6 Å². The molecule has 0 saturated carbocycles. The molecule has 0 saturated heterocycles. The first-order valence-corrected chi connectivity index (χ1v) is 8.51. The predicted octanol–water partition coefficient (Wildman–Crippen LogP) is 4.60. The largest absolute Gasteiger partial charge is 0.308 e. The van der Waals surface area contributed by atoms with Crippen molar-refractivity contribution in [2.75, 3.05) is 6.54 Å². The van der Waals surface area contributed by atoms with Gasteiger partial charge in [-0.2, -0.15) is 5.10 Å². The Kier molecular flexibility index (Phi) is 6.27. The van der Waals surface area contributed by atoms with Crippen LogP contribution in [0.3, 0.4) is 0 Å². The minimum absolute atomic E-state index is 0.182. The highest BCUT2D eigenvalue weighted by molar-refractivity contribution is 9.10. The van der Waals surface area contributed by atoms with Crippen LogP contribution in [0.2, 0.25) is 5.02 Å². The van der Waals surface area contributed by atoms with Crippen LogP contribution in [0.5, 0.6) is 0 Å². The van der Waals surface area contributed by atoms with E-state index < -0.39 is 0 Å². The normalized spacial score (nSPS) is 12.6. The van der Waals surface area contributed by atoms with Crippen molar-refractivity contribution in [2.45, 2.75) is 39.3 Å². The Hall–Kier alpha value is -0.840. The smallest absolute Gasteiger partial charge is 0.0834 e. The van der Waals surface area contributed by atoms with Gasteiger partial charge in [-0.25, -0.2) is 0 Å². The number of hydrogen-bond donors (Lipinski definition) is 1. The maximum absolute atomic E-state index is 6.36. The van der Waals surface area contributed by atoms with E-state index >= 15 is 0 Å². The molecule has 0 aliphatic heterocycles. The average Bonchev–Trinajstić information content (AvgIpc) is 2.86. The molecule has 3 nitrogen and oxygen atoms in total. The second-order valence-corrected chi connectivity index (χ2v) is 6.35. The van der Waals surface area contributed by atoms with E-state index in [1.807, 2.05) is 4.68 Å². The van der Waals surface area contributed by atoms with Gasteiger partial charge in [-0.15, -0.1) is 0 Å². The molecule has 0 radical (unpaired) electrons. The summed E-state index contributed by atoms with van der Waals surface area (Å²) in [5.74, 6) is 0. The van der Waals surface area contributed by atoms with Gasteiger partial charge in [-0.1, -0.05) is 46.6 Å². The van der Waals surface area contributed by atoms with Crippen LogP contribution in [0.1, 0.15) is 37.6 Å².